The highest BCUT2D eigenvalue weighted by atomic mass is 16.5. The van der Waals surface area contributed by atoms with Gasteiger partial charge in [0.05, 0.1) is 6.04 Å². The molecular weight excluding hydrogens is 214 g/mol. The van der Waals surface area contributed by atoms with Crippen molar-refractivity contribution >= 4 is 11.6 Å². The van der Waals surface area contributed by atoms with Crippen molar-refractivity contribution in [2.75, 3.05) is 19.2 Å². The fourth-order valence-electron chi connectivity index (χ4n) is 2.68. The van der Waals surface area contributed by atoms with Gasteiger partial charge in [-0.2, -0.15) is 0 Å². The van der Waals surface area contributed by atoms with E-state index in [4.69, 9.17) is 4.74 Å². The number of aliphatic imine (C=N–C) groups is 1. The van der Waals surface area contributed by atoms with Crippen LogP contribution in [0.25, 0.3) is 0 Å². The minimum absolute atomic E-state index is 0.386. The Labute approximate surface area is 101 Å². The predicted molar refractivity (Wildman–Crippen MR) is 68.2 cm³/mol. The lowest BCUT2D eigenvalue weighted by molar-refractivity contribution is 0.208. The summed E-state index contributed by atoms with van der Waals surface area (Å²) in [5, 5.41) is 6.77. The fourth-order valence-corrected chi connectivity index (χ4v) is 2.68. The van der Waals surface area contributed by atoms with Gasteiger partial charge in [-0.25, -0.2) is 4.99 Å². The van der Waals surface area contributed by atoms with Crippen LogP contribution in [-0.2, 0) is 11.2 Å². The maximum Gasteiger partial charge on any atom is 0.198 e. The van der Waals surface area contributed by atoms with Crippen LogP contribution in [0, 0.1) is 0 Å². The highest BCUT2D eigenvalue weighted by molar-refractivity contribution is 5.97. The molecule has 2 N–H and O–H groups in total. The third-order valence-corrected chi connectivity index (χ3v) is 3.40. The number of aryl methyl sites for hydroxylation is 1. The minimum atomic E-state index is 0.386. The number of ether oxygens (including phenoxy) is 1. The fraction of sp³-hybridized carbons (Fsp3) is 0.462. The van der Waals surface area contributed by atoms with E-state index in [2.05, 4.69) is 33.8 Å². The Balaban J connectivity index is 1.96. The van der Waals surface area contributed by atoms with Crippen molar-refractivity contribution in [1.29, 1.82) is 0 Å². The van der Waals surface area contributed by atoms with Gasteiger partial charge in [0.25, 0.3) is 0 Å². The van der Waals surface area contributed by atoms with E-state index >= 15 is 0 Å². The highest BCUT2D eigenvalue weighted by Gasteiger charge is 2.27. The van der Waals surface area contributed by atoms with Crippen LogP contribution in [0.15, 0.2) is 23.2 Å². The third kappa shape index (κ3) is 1.89. The van der Waals surface area contributed by atoms with Crippen molar-refractivity contribution in [2.45, 2.75) is 25.3 Å². The van der Waals surface area contributed by atoms with E-state index in [0.717, 1.165) is 5.96 Å². The zero-order chi connectivity index (χ0) is 11.7. The van der Waals surface area contributed by atoms with Crippen molar-refractivity contribution in [1.82, 2.24) is 5.32 Å². The molecule has 1 aromatic carbocycles. The normalized spacial score (nSPS) is 23.8. The average molecular weight is 231 g/mol. The first-order chi connectivity index (χ1) is 8.38. The first-order valence-corrected chi connectivity index (χ1v) is 6.07. The lowest BCUT2D eigenvalue weighted by Crippen LogP contribution is -2.41. The number of benzene rings is 1. The maximum atomic E-state index is 4.97. The summed E-state index contributed by atoms with van der Waals surface area (Å²) in [4.78, 5) is 4.32. The van der Waals surface area contributed by atoms with Crippen molar-refractivity contribution in [2.24, 2.45) is 4.99 Å². The molecule has 3 rings (SSSR count). The zero-order valence-electron chi connectivity index (χ0n) is 9.99. The van der Waals surface area contributed by atoms with Crippen molar-refractivity contribution in [3.63, 3.8) is 0 Å². The molecule has 1 aliphatic heterocycles. The second kappa shape index (κ2) is 4.37. The monoisotopic (exact) mass is 231 g/mol. The molecule has 0 saturated heterocycles. The second-order valence-corrected chi connectivity index (χ2v) is 4.52. The molecule has 1 aliphatic carbocycles. The van der Waals surface area contributed by atoms with E-state index in [0.29, 0.717) is 12.8 Å². The van der Waals surface area contributed by atoms with E-state index < -0.39 is 0 Å². The summed E-state index contributed by atoms with van der Waals surface area (Å²) in [6, 6.07) is 6.88. The third-order valence-electron chi connectivity index (χ3n) is 3.40. The number of hydrogen-bond acceptors (Lipinski definition) is 2. The molecule has 0 amide bonds. The van der Waals surface area contributed by atoms with E-state index in [1.807, 2.05) is 0 Å². The molecule has 90 valence electrons. The van der Waals surface area contributed by atoms with Crippen LogP contribution in [0.3, 0.4) is 0 Å². The molecule has 0 aromatic heterocycles. The Kier molecular flexibility index (Phi) is 2.73. The zero-order valence-corrected chi connectivity index (χ0v) is 9.99. The van der Waals surface area contributed by atoms with Crippen molar-refractivity contribution in [3.8, 4) is 0 Å². The van der Waals surface area contributed by atoms with Crippen LogP contribution in [0.1, 0.15) is 30.0 Å². The molecule has 4 nitrogen and oxygen atoms in total. The van der Waals surface area contributed by atoms with Crippen LogP contribution in [0.4, 0.5) is 5.69 Å². The summed E-state index contributed by atoms with van der Waals surface area (Å²) < 4.78 is 4.97. The molecule has 0 saturated carbocycles. The lowest BCUT2D eigenvalue weighted by Gasteiger charge is -2.34. The summed E-state index contributed by atoms with van der Waals surface area (Å²) in [6.07, 6.45) is 3.61. The lowest BCUT2D eigenvalue weighted by atomic mass is 9.85. The standard InChI is InChI=1S/C13H17N3O/c1-17-8-14-13-15-10-6-2-4-9-5-3-7-11(16-13)12(9)10/h2,4,6,11H,3,5,7-8H2,1H3,(H2,14,15,16). The summed E-state index contributed by atoms with van der Waals surface area (Å²) in [5.41, 5.74) is 4.08. The Morgan fingerprint density at radius 1 is 1.47 bits per heavy atom. The molecule has 0 bridgehead atoms. The second-order valence-electron chi connectivity index (χ2n) is 4.52. The van der Waals surface area contributed by atoms with Gasteiger partial charge in [0, 0.05) is 18.4 Å². The molecule has 2 aliphatic rings. The van der Waals surface area contributed by atoms with Crippen LogP contribution in [-0.4, -0.2) is 19.8 Å². The highest BCUT2D eigenvalue weighted by Crippen LogP contribution is 2.37. The number of rotatable bonds is 2. The van der Waals surface area contributed by atoms with Crippen LogP contribution in [0.5, 0.6) is 0 Å². The van der Waals surface area contributed by atoms with Crippen LogP contribution in [0.2, 0.25) is 0 Å². The van der Waals surface area contributed by atoms with Gasteiger partial charge >= 0.3 is 0 Å². The van der Waals surface area contributed by atoms with Gasteiger partial charge in [0.2, 0.25) is 0 Å². The van der Waals surface area contributed by atoms with E-state index in [1.165, 1.54) is 36.1 Å². The molecule has 1 aromatic rings. The van der Waals surface area contributed by atoms with Crippen LogP contribution >= 0.6 is 0 Å². The number of guanidine groups is 1. The van der Waals surface area contributed by atoms with Gasteiger partial charge in [0.1, 0.15) is 6.73 Å². The summed E-state index contributed by atoms with van der Waals surface area (Å²) in [7, 11) is 1.65. The Morgan fingerprint density at radius 2 is 2.41 bits per heavy atom. The van der Waals surface area contributed by atoms with Gasteiger partial charge in [-0.05, 0) is 30.9 Å². The summed E-state index contributed by atoms with van der Waals surface area (Å²) in [6.45, 7) is 0.386. The molecule has 0 spiro atoms. The molecule has 1 atom stereocenters. The molecule has 1 unspecified atom stereocenters. The molecular formula is C13H17N3O. The van der Waals surface area contributed by atoms with E-state index in [-0.39, 0.29) is 0 Å². The van der Waals surface area contributed by atoms with Crippen molar-refractivity contribution < 1.29 is 4.74 Å². The van der Waals surface area contributed by atoms with Gasteiger partial charge in [-0.1, -0.05) is 12.1 Å². The van der Waals surface area contributed by atoms with Gasteiger partial charge in [0.15, 0.2) is 5.96 Å². The molecule has 4 heteroatoms. The van der Waals surface area contributed by atoms with E-state index in [1.54, 1.807) is 7.11 Å². The average Bonchev–Trinajstić information content (AvgIpc) is 2.37. The topological polar surface area (TPSA) is 45.6 Å². The Hall–Kier alpha value is -1.55. The predicted octanol–water partition coefficient (Wildman–Crippen LogP) is 2.04. The molecule has 0 radical (unpaired) electrons. The van der Waals surface area contributed by atoms with Gasteiger partial charge < -0.3 is 15.4 Å². The van der Waals surface area contributed by atoms with Gasteiger partial charge in [-0.3, -0.25) is 0 Å². The molecule has 1 heterocycles. The minimum Gasteiger partial charge on any atom is -0.362 e. The quantitative estimate of drug-likeness (QED) is 0.818. The number of nitrogens with zero attached hydrogens (tertiary/aromatic N) is 1. The van der Waals surface area contributed by atoms with E-state index in [9.17, 15) is 0 Å². The number of hydrogen-bond donors (Lipinski definition) is 2. The number of anilines is 1. The SMILES string of the molecule is COCN=C1Nc2cccc3c2C(CCC3)N1. The van der Waals surface area contributed by atoms with Crippen LogP contribution < -0.4 is 10.6 Å². The maximum absolute atomic E-state index is 4.97. The summed E-state index contributed by atoms with van der Waals surface area (Å²) >= 11 is 0. The number of nitrogens with one attached hydrogen (secondary N) is 2. The molecule has 17 heavy (non-hydrogen) atoms. The number of methoxy groups -OCH3 is 1. The van der Waals surface area contributed by atoms with Crippen molar-refractivity contribution in [3.05, 3.63) is 29.3 Å². The first-order valence-electron chi connectivity index (χ1n) is 6.07. The molecule has 0 fully saturated rings. The largest absolute Gasteiger partial charge is 0.362 e. The van der Waals surface area contributed by atoms with Gasteiger partial charge in [-0.15, -0.1) is 0 Å². The Morgan fingerprint density at radius 3 is 3.29 bits per heavy atom. The first kappa shape index (κ1) is 10.6. The smallest absolute Gasteiger partial charge is 0.198 e. The Bertz CT molecular complexity index is 456. The summed E-state index contributed by atoms with van der Waals surface area (Å²) in [5.74, 6) is 0.823.